The maximum Gasteiger partial charge on any atom is 0.220 e. The van der Waals surface area contributed by atoms with Gasteiger partial charge in [0.15, 0.2) is 0 Å². The monoisotopic (exact) mass is 381 g/mol. The third-order valence-electron chi connectivity index (χ3n) is 3.08. The van der Waals surface area contributed by atoms with Crippen LogP contribution in [0.15, 0.2) is 53.0 Å². The summed E-state index contributed by atoms with van der Waals surface area (Å²) in [5.74, 6) is 0.787. The van der Waals surface area contributed by atoms with E-state index in [4.69, 9.17) is 16.3 Å². The van der Waals surface area contributed by atoms with Crippen LogP contribution in [0.3, 0.4) is 0 Å². The third-order valence-corrected chi connectivity index (χ3v) is 4.10. The van der Waals surface area contributed by atoms with Crippen LogP contribution in [0.4, 0.5) is 0 Å². The predicted molar refractivity (Wildman–Crippen MR) is 92.2 cm³/mol. The number of rotatable bonds is 7. The molecule has 22 heavy (non-hydrogen) atoms. The summed E-state index contributed by atoms with van der Waals surface area (Å²) < 4.78 is 6.54. The molecular weight excluding hydrogens is 366 g/mol. The maximum absolute atomic E-state index is 11.8. The molecule has 0 atom stereocenters. The summed E-state index contributed by atoms with van der Waals surface area (Å²) in [4.78, 5) is 11.8. The van der Waals surface area contributed by atoms with Crippen LogP contribution in [-0.2, 0) is 11.3 Å². The molecule has 2 aromatic carbocycles. The number of para-hydroxylation sites is 1. The van der Waals surface area contributed by atoms with Gasteiger partial charge < -0.3 is 10.1 Å². The summed E-state index contributed by atoms with van der Waals surface area (Å²) in [5.41, 5.74) is 0.919. The second kappa shape index (κ2) is 8.81. The Morgan fingerprint density at radius 2 is 1.86 bits per heavy atom. The number of carbonyl (C=O) groups excluding carboxylic acids is 1. The molecule has 1 N–H and O–H groups in total. The fourth-order valence-electron chi connectivity index (χ4n) is 1.90. The molecule has 0 aromatic heterocycles. The summed E-state index contributed by atoms with van der Waals surface area (Å²) in [5, 5.41) is 3.53. The Balaban J connectivity index is 1.66. The first-order valence-electron chi connectivity index (χ1n) is 7.04. The van der Waals surface area contributed by atoms with Gasteiger partial charge in [-0.05, 0) is 46.1 Å². The van der Waals surface area contributed by atoms with Crippen molar-refractivity contribution in [1.29, 1.82) is 0 Å². The van der Waals surface area contributed by atoms with E-state index in [-0.39, 0.29) is 5.91 Å². The van der Waals surface area contributed by atoms with Crippen molar-refractivity contribution in [3.8, 4) is 5.75 Å². The molecule has 2 rings (SSSR count). The maximum atomic E-state index is 11.8. The van der Waals surface area contributed by atoms with E-state index in [0.29, 0.717) is 31.0 Å². The Morgan fingerprint density at radius 3 is 2.64 bits per heavy atom. The highest BCUT2D eigenvalue weighted by Crippen LogP contribution is 2.23. The van der Waals surface area contributed by atoms with Gasteiger partial charge in [-0.15, -0.1) is 0 Å². The molecule has 0 bridgehead atoms. The van der Waals surface area contributed by atoms with Crippen LogP contribution in [0.2, 0.25) is 5.02 Å². The van der Waals surface area contributed by atoms with E-state index in [1.54, 1.807) is 0 Å². The van der Waals surface area contributed by atoms with Gasteiger partial charge in [0.2, 0.25) is 5.91 Å². The average Bonchev–Trinajstić information content (AvgIpc) is 2.52. The number of benzene rings is 2. The van der Waals surface area contributed by atoms with Crippen molar-refractivity contribution in [3.05, 3.63) is 63.6 Å². The van der Waals surface area contributed by atoms with Crippen LogP contribution in [0.25, 0.3) is 0 Å². The van der Waals surface area contributed by atoms with Gasteiger partial charge in [0.25, 0.3) is 0 Å². The van der Waals surface area contributed by atoms with Crippen LogP contribution in [0, 0.1) is 0 Å². The number of amides is 1. The molecule has 0 aliphatic heterocycles. The number of ether oxygens (including phenoxy) is 1. The fourth-order valence-corrected chi connectivity index (χ4v) is 2.50. The molecule has 2 aromatic rings. The number of hydrogen-bond acceptors (Lipinski definition) is 2. The standard InChI is InChI=1S/C17H17BrClNO2/c18-14-7-2-4-9-16(14)22-11-5-10-17(21)20-12-13-6-1-3-8-15(13)19/h1-4,6-9H,5,10-12H2,(H,20,21). The Kier molecular flexibility index (Phi) is 6.74. The van der Waals surface area contributed by atoms with E-state index in [2.05, 4.69) is 21.2 Å². The lowest BCUT2D eigenvalue weighted by atomic mass is 10.2. The van der Waals surface area contributed by atoms with Gasteiger partial charge in [0.05, 0.1) is 11.1 Å². The first-order valence-corrected chi connectivity index (χ1v) is 8.21. The van der Waals surface area contributed by atoms with Gasteiger partial charge in [0.1, 0.15) is 5.75 Å². The normalized spacial score (nSPS) is 10.3. The fraction of sp³-hybridized carbons (Fsp3) is 0.235. The quantitative estimate of drug-likeness (QED) is 0.712. The zero-order valence-corrected chi connectivity index (χ0v) is 14.4. The molecule has 0 spiro atoms. The van der Waals surface area contributed by atoms with E-state index in [1.807, 2.05) is 48.5 Å². The lowest BCUT2D eigenvalue weighted by Crippen LogP contribution is -2.23. The van der Waals surface area contributed by atoms with E-state index in [9.17, 15) is 4.79 Å². The first-order chi connectivity index (χ1) is 10.7. The van der Waals surface area contributed by atoms with Crippen molar-refractivity contribution in [2.75, 3.05) is 6.61 Å². The highest BCUT2D eigenvalue weighted by atomic mass is 79.9. The van der Waals surface area contributed by atoms with Gasteiger partial charge >= 0.3 is 0 Å². The Bertz CT molecular complexity index is 634. The molecule has 0 aliphatic rings. The second-order valence-electron chi connectivity index (χ2n) is 4.75. The number of nitrogens with one attached hydrogen (secondary N) is 1. The molecule has 0 saturated carbocycles. The van der Waals surface area contributed by atoms with Crippen LogP contribution < -0.4 is 10.1 Å². The minimum Gasteiger partial charge on any atom is -0.492 e. The molecule has 0 radical (unpaired) electrons. The van der Waals surface area contributed by atoms with Crippen LogP contribution in [0.1, 0.15) is 18.4 Å². The molecule has 1 amide bonds. The Hall–Kier alpha value is -1.52. The summed E-state index contributed by atoms with van der Waals surface area (Å²) in [7, 11) is 0. The van der Waals surface area contributed by atoms with Crippen LogP contribution in [0.5, 0.6) is 5.75 Å². The van der Waals surface area contributed by atoms with Gasteiger partial charge in [-0.25, -0.2) is 0 Å². The lowest BCUT2D eigenvalue weighted by molar-refractivity contribution is -0.121. The van der Waals surface area contributed by atoms with Crippen molar-refractivity contribution in [1.82, 2.24) is 5.32 Å². The lowest BCUT2D eigenvalue weighted by Gasteiger charge is -2.09. The van der Waals surface area contributed by atoms with E-state index in [0.717, 1.165) is 15.8 Å². The van der Waals surface area contributed by atoms with Crippen LogP contribution in [-0.4, -0.2) is 12.5 Å². The molecule has 0 aliphatic carbocycles. The molecule has 116 valence electrons. The Morgan fingerprint density at radius 1 is 1.14 bits per heavy atom. The molecule has 3 nitrogen and oxygen atoms in total. The molecule has 0 saturated heterocycles. The smallest absolute Gasteiger partial charge is 0.220 e. The van der Waals surface area contributed by atoms with Crippen molar-refractivity contribution in [3.63, 3.8) is 0 Å². The summed E-state index contributed by atoms with van der Waals surface area (Å²) in [6.45, 7) is 0.950. The Labute approximate surface area is 143 Å². The summed E-state index contributed by atoms with van der Waals surface area (Å²) >= 11 is 9.46. The van der Waals surface area contributed by atoms with Crippen molar-refractivity contribution < 1.29 is 9.53 Å². The van der Waals surface area contributed by atoms with Gasteiger partial charge in [-0.3, -0.25) is 4.79 Å². The largest absolute Gasteiger partial charge is 0.492 e. The second-order valence-corrected chi connectivity index (χ2v) is 6.01. The highest BCUT2D eigenvalue weighted by Gasteiger charge is 2.04. The van der Waals surface area contributed by atoms with Crippen LogP contribution >= 0.6 is 27.5 Å². The van der Waals surface area contributed by atoms with Crippen molar-refractivity contribution in [2.45, 2.75) is 19.4 Å². The predicted octanol–water partition coefficient (Wildman–Crippen LogP) is 4.58. The van der Waals surface area contributed by atoms with Gasteiger partial charge in [-0.2, -0.15) is 0 Å². The SMILES string of the molecule is O=C(CCCOc1ccccc1Br)NCc1ccccc1Cl. The van der Waals surface area contributed by atoms with E-state index >= 15 is 0 Å². The molecule has 0 unspecified atom stereocenters. The van der Waals surface area contributed by atoms with Crippen molar-refractivity contribution in [2.24, 2.45) is 0 Å². The topological polar surface area (TPSA) is 38.3 Å². The average molecular weight is 383 g/mol. The molecule has 0 fully saturated rings. The zero-order chi connectivity index (χ0) is 15.8. The molecular formula is C17H17BrClNO2. The number of carbonyl (C=O) groups is 1. The van der Waals surface area contributed by atoms with E-state index in [1.165, 1.54) is 0 Å². The third kappa shape index (κ3) is 5.35. The minimum absolute atomic E-state index is 0.00403. The number of hydrogen-bond donors (Lipinski definition) is 1. The van der Waals surface area contributed by atoms with Crippen molar-refractivity contribution >= 4 is 33.4 Å². The zero-order valence-electron chi connectivity index (χ0n) is 12.0. The van der Waals surface area contributed by atoms with Gasteiger partial charge in [-0.1, -0.05) is 41.9 Å². The highest BCUT2D eigenvalue weighted by molar-refractivity contribution is 9.10. The summed E-state index contributed by atoms with van der Waals surface area (Å²) in [6.07, 6.45) is 1.09. The molecule has 5 heteroatoms. The van der Waals surface area contributed by atoms with Gasteiger partial charge in [0, 0.05) is 18.0 Å². The van der Waals surface area contributed by atoms with E-state index < -0.39 is 0 Å². The molecule has 0 heterocycles. The minimum atomic E-state index is -0.00403. The number of halogens is 2. The first kappa shape index (κ1) is 16.8. The summed E-state index contributed by atoms with van der Waals surface area (Å²) in [6, 6.07) is 15.1.